The fourth-order valence-corrected chi connectivity index (χ4v) is 3.47. The number of rotatable bonds is 4. The number of aromatic nitrogens is 3. The van der Waals surface area contributed by atoms with Gasteiger partial charge in [0.05, 0.1) is 0 Å². The Morgan fingerprint density at radius 2 is 1.62 bits per heavy atom. The van der Waals surface area contributed by atoms with Crippen molar-refractivity contribution in [3.8, 4) is 0 Å². The van der Waals surface area contributed by atoms with Gasteiger partial charge in [0.15, 0.2) is 0 Å². The Hall–Kier alpha value is -3.48. The maximum absolute atomic E-state index is 12.7. The highest BCUT2D eigenvalue weighted by Gasteiger charge is 2.20. The number of nitrogens with zero attached hydrogens (tertiary/aromatic N) is 5. The van der Waals surface area contributed by atoms with Gasteiger partial charge in [-0.25, -0.2) is 15.0 Å². The predicted octanol–water partition coefficient (Wildman–Crippen LogP) is 3.07. The minimum Gasteiger partial charge on any atom is -0.353 e. The van der Waals surface area contributed by atoms with Gasteiger partial charge in [0, 0.05) is 56.0 Å². The second-order valence-electron chi connectivity index (χ2n) is 7.20. The van der Waals surface area contributed by atoms with E-state index in [1.54, 1.807) is 24.7 Å². The molecule has 2 aromatic heterocycles. The first-order valence-electron chi connectivity index (χ1n) is 9.72. The number of hydrogen-bond donors (Lipinski definition) is 1. The second-order valence-corrected chi connectivity index (χ2v) is 7.20. The van der Waals surface area contributed by atoms with Crippen LogP contribution in [0.15, 0.2) is 55.0 Å². The van der Waals surface area contributed by atoms with Crippen molar-refractivity contribution in [3.05, 3.63) is 71.7 Å². The van der Waals surface area contributed by atoms with E-state index in [9.17, 15) is 4.79 Å². The molecule has 0 unspecified atom stereocenters. The van der Waals surface area contributed by atoms with E-state index in [0.29, 0.717) is 5.56 Å². The summed E-state index contributed by atoms with van der Waals surface area (Å²) in [5.74, 6) is 1.44. The largest absolute Gasteiger partial charge is 0.353 e. The van der Waals surface area contributed by atoms with Crippen LogP contribution in [0, 0.1) is 13.8 Å². The van der Waals surface area contributed by atoms with Crippen LogP contribution in [-0.2, 0) is 0 Å². The summed E-state index contributed by atoms with van der Waals surface area (Å²) in [6.07, 6.45) is 5.21. The van der Waals surface area contributed by atoms with E-state index in [1.165, 1.54) is 5.56 Å². The number of hydrogen-bond acceptors (Lipinski definition) is 6. The molecule has 1 fully saturated rings. The van der Waals surface area contributed by atoms with Crippen molar-refractivity contribution < 1.29 is 4.79 Å². The van der Waals surface area contributed by atoms with Crippen LogP contribution in [0.3, 0.4) is 0 Å². The summed E-state index contributed by atoms with van der Waals surface area (Å²) in [5, 5.41) is 3.00. The van der Waals surface area contributed by atoms with E-state index in [4.69, 9.17) is 0 Å². The van der Waals surface area contributed by atoms with E-state index in [1.807, 2.05) is 38.1 Å². The minimum atomic E-state index is -0.128. The van der Waals surface area contributed by atoms with E-state index in [0.717, 1.165) is 49.2 Å². The number of benzene rings is 1. The van der Waals surface area contributed by atoms with Crippen molar-refractivity contribution in [2.75, 3.05) is 41.3 Å². The Morgan fingerprint density at radius 3 is 2.34 bits per heavy atom. The third-order valence-electron chi connectivity index (χ3n) is 5.08. The molecular weight excluding hydrogens is 364 g/mol. The van der Waals surface area contributed by atoms with Crippen molar-refractivity contribution in [1.82, 2.24) is 15.0 Å². The number of pyridine rings is 1. The van der Waals surface area contributed by atoms with Gasteiger partial charge in [-0.05, 0) is 43.7 Å². The molecule has 1 aliphatic rings. The number of aryl methyl sites for hydroxylation is 2. The molecule has 0 bridgehead atoms. The lowest BCUT2D eigenvalue weighted by Crippen LogP contribution is -2.47. The monoisotopic (exact) mass is 388 g/mol. The van der Waals surface area contributed by atoms with Crippen LogP contribution in [0.2, 0.25) is 0 Å². The SMILES string of the molecule is Cc1ccc(NC(=O)c2ccnc(N3CCN(c4ncccn4)CC3)c2)c(C)c1. The molecule has 7 heteroatoms. The Kier molecular flexibility index (Phi) is 5.37. The Labute approximate surface area is 170 Å². The average Bonchev–Trinajstić information content (AvgIpc) is 2.76. The van der Waals surface area contributed by atoms with Crippen LogP contribution in [0.4, 0.5) is 17.5 Å². The zero-order valence-corrected chi connectivity index (χ0v) is 16.7. The van der Waals surface area contributed by atoms with Crippen LogP contribution in [0.1, 0.15) is 21.5 Å². The topological polar surface area (TPSA) is 74.2 Å². The minimum absolute atomic E-state index is 0.128. The summed E-state index contributed by atoms with van der Waals surface area (Å²) in [6.45, 7) is 7.25. The maximum atomic E-state index is 12.7. The molecule has 1 saturated heterocycles. The second kappa shape index (κ2) is 8.26. The summed E-state index contributed by atoms with van der Waals surface area (Å²) in [7, 11) is 0. The summed E-state index contributed by atoms with van der Waals surface area (Å²) in [5.41, 5.74) is 3.65. The first kappa shape index (κ1) is 18.9. The molecule has 0 atom stereocenters. The Bertz CT molecular complexity index is 999. The van der Waals surface area contributed by atoms with Gasteiger partial charge in [-0.3, -0.25) is 4.79 Å². The molecule has 0 aliphatic carbocycles. The molecular formula is C22H24N6O. The van der Waals surface area contributed by atoms with Gasteiger partial charge in [0.2, 0.25) is 5.95 Å². The first-order valence-corrected chi connectivity index (χ1v) is 9.72. The molecule has 1 N–H and O–H groups in total. The maximum Gasteiger partial charge on any atom is 0.255 e. The van der Waals surface area contributed by atoms with Crippen molar-refractivity contribution in [3.63, 3.8) is 0 Å². The van der Waals surface area contributed by atoms with Gasteiger partial charge in [-0.15, -0.1) is 0 Å². The predicted molar refractivity (Wildman–Crippen MR) is 115 cm³/mol. The number of piperazine rings is 1. The van der Waals surface area contributed by atoms with Crippen molar-refractivity contribution in [1.29, 1.82) is 0 Å². The molecule has 3 aromatic rings. The Morgan fingerprint density at radius 1 is 0.897 bits per heavy atom. The molecule has 4 rings (SSSR count). The van der Waals surface area contributed by atoms with Crippen LogP contribution < -0.4 is 15.1 Å². The fourth-order valence-electron chi connectivity index (χ4n) is 3.47. The number of amides is 1. The highest BCUT2D eigenvalue weighted by atomic mass is 16.1. The highest BCUT2D eigenvalue weighted by Crippen LogP contribution is 2.20. The van der Waals surface area contributed by atoms with Gasteiger partial charge < -0.3 is 15.1 Å². The molecule has 29 heavy (non-hydrogen) atoms. The van der Waals surface area contributed by atoms with Crippen LogP contribution in [-0.4, -0.2) is 47.0 Å². The molecule has 1 aliphatic heterocycles. The molecule has 0 spiro atoms. The number of nitrogens with one attached hydrogen (secondary N) is 1. The summed E-state index contributed by atoms with van der Waals surface area (Å²) < 4.78 is 0. The van der Waals surface area contributed by atoms with Crippen molar-refractivity contribution >= 4 is 23.4 Å². The van der Waals surface area contributed by atoms with E-state index >= 15 is 0 Å². The normalized spacial score (nSPS) is 14.0. The molecule has 1 aromatic carbocycles. The van der Waals surface area contributed by atoms with Gasteiger partial charge in [0.25, 0.3) is 5.91 Å². The van der Waals surface area contributed by atoms with Gasteiger partial charge in [0.1, 0.15) is 5.82 Å². The van der Waals surface area contributed by atoms with Crippen LogP contribution >= 0.6 is 0 Å². The number of carbonyl (C=O) groups is 1. The zero-order valence-electron chi connectivity index (χ0n) is 16.7. The lowest BCUT2D eigenvalue weighted by Gasteiger charge is -2.35. The van der Waals surface area contributed by atoms with E-state index in [-0.39, 0.29) is 5.91 Å². The summed E-state index contributed by atoms with van der Waals surface area (Å²) in [4.78, 5) is 30.2. The highest BCUT2D eigenvalue weighted by molar-refractivity contribution is 6.05. The van der Waals surface area contributed by atoms with Gasteiger partial charge in [-0.2, -0.15) is 0 Å². The summed E-state index contributed by atoms with van der Waals surface area (Å²) >= 11 is 0. The van der Waals surface area contributed by atoms with Gasteiger partial charge in [-0.1, -0.05) is 17.7 Å². The molecule has 7 nitrogen and oxygen atoms in total. The first-order chi connectivity index (χ1) is 14.1. The fraction of sp³-hybridized carbons (Fsp3) is 0.273. The van der Waals surface area contributed by atoms with E-state index in [2.05, 4.69) is 36.1 Å². The lowest BCUT2D eigenvalue weighted by atomic mass is 10.1. The summed E-state index contributed by atoms with van der Waals surface area (Å²) in [6, 6.07) is 11.4. The Balaban J connectivity index is 1.43. The third kappa shape index (κ3) is 4.34. The van der Waals surface area contributed by atoms with Crippen LogP contribution in [0.25, 0.3) is 0 Å². The zero-order chi connectivity index (χ0) is 20.2. The third-order valence-corrected chi connectivity index (χ3v) is 5.08. The molecule has 0 saturated carbocycles. The van der Waals surface area contributed by atoms with Crippen LogP contribution in [0.5, 0.6) is 0 Å². The number of anilines is 3. The van der Waals surface area contributed by atoms with Crippen molar-refractivity contribution in [2.24, 2.45) is 0 Å². The molecule has 3 heterocycles. The average molecular weight is 388 g/mol. The molecule has 148 valence electrons. The van der Waals surface area contributed by atoms with Crippen molar-refractivity contribution in [2.45, 2.75) is 13.8 Å². The standard InChI is InChI=1S/C22H24N6O/c1-16-4-5-19(17(2)14-16)26-21(29)18-6-9-23-20(15-18)27-10-12-28(13-11-27)22-24-7-3-8-25-22/h3-9,14-15H,10-13H2,1-2H3,(H,26,29). The quantitative estimate of drug-likeness (QED) is 0.740. The molecule has 0 radical (unpaired) electrons. The molecule has 1 amide bonds. The van der Waals surface area contributed by atoms with Gasteiger partial charge >= 0.3 is 0 Å². The lowest BCUT2D eigenvalue weighted by molar-refractivity contribution is 0.102. The van der Waals surface area contributed by atoms with E-state index < -0.39 is 0 Å². The number of carbonyl (C=O) groups excluding carboxylic acids is 1. The smallest absolute Gasteiger partial charge is 0.255 e.